The zero-order valence-electron chi connectivity index (χ0n) is 9.84. The summed E-state index contributed by atoms with van der Waals surface area (Å²) in [5, 5.41) is 0. The van der Waals surface area contributed by atoms with Gasteiger partial charge in [0.05, 0.1) is 5.56 Å². The van der Waals surface area contributed by atoms with E-state index >= 15 is 0 Å². The predicted molar refractivity (Wildman–Crippen MR) is 62.9 cm³/mol. The molecule has 0 aliphatic carbocycles. The van der Waals surface area contributed by atoms with Crippen molar-refractivity contribution >= 4 is 5.69 Å². The Bertz CT molecular complexity index is 599. The molecular formula is C13H8F5NO. The van der Waals surface area contributed by atoms with E-state index in [1.54, 1.807) is 0 Å². The van der Waals surface area contributed by atoms with Crippen LogP contribution in [0.25, 0.3) is 11.1 Å². The van der Waals surface area contributed by atoms with Crippen LogP contribution in [0, 0.1) is 11.6 Å². The van der Waals surface area contributed by atoms with E-state index < -0.39 is 23.7 Å². The number of hydrogen-bond acceptors (Lipinski definition) is 2. The molecule has 2 aromatic carbocycles. The molecule has 0 saturated carbocycles. The summed E-state index contributed by atoms with van der Waals surface area (Å²) in [6.07, 6.45) is -4.82. The van der Waals surface area contributed by atoms with Crippen molar-refractivity contribution in [3.8, 4) is 16.9 Å². The highest BCUT2D eigenvalue weighted by Crippen LogP contribution is 2.30. The van der Waals surface area contributed by atoms with Gasteiger partial charge in [-0.1, -0.05) is 12.1 Å². The van der Waals surface area contributed by atoms with E-state index in [1.807, 2.05) is 0 Å². The number of ether oxygens (including phenoxy) is 1. The third-order valence-corrected chi connectivity index (χ3v) is 2.44. The average molecular weight is 289 g/mol. The Kier molecular flexibility index (Phi) is 3.52. The SMILES string of the molecule is Nc1cc(F)c(-c2ccc(OC(F)(F)F)cc2)c(F)c1. The van der Waals surface area contributed by atoms with Gasteiger partial charge in [-0.15, -0.1) is 13.2 Å². The Morgan fingerprint density at radius 3 is 1.85 bits per heavy atom. The number of alkyl halides is 3. The molecule has 106 valence electrons. The molecule has 0 saturated heterocycles. The van der Waals surface area contributed by atoms with Gasteiger partial charge in [-0.3, -0.25) is 0 Å². The Hall–Kier alpha value is -2.31. The summed E-state index contributed by atoms with van der Waals surface area (Å²) in [5.41, 5.74) is 4.91. The molecule has 0 unspecified atom stereocenters. The van der Waals surface area contributed by atoms with E-state index in [2.05, 4.69) is 4.74 Å². The Balaban J connectivity index is 2.36. The van der Waals surface area contributed by atoms with Gasteiger partial charge in [0.15, 0.2) is 0 Å². The second kappa shape index (κ2) is 4.99. The third-order valence-electron chi connectivity index (χ3n) is 2.44. The quantitative estimate of drug-likeness (QED) is 0.667. The molecule has 2 rings (SSSR count). The lowest BCUT2D eigenvalue weighted by Crippen LogP contribution is -2.16. The van der Waals surface area contributed by atoms with Crippen molar-refractivity contribution in [2.45, 2.75) is 6.36 Å². The number of hydrogen-bond donors (Lipinski definition) is 1. The first-order chi connectivity index (χ1) is 9.26. The molecule has 0 bridgehead atoms. The lowest BCUT2D eigenvalue weighted by molar-refractivity contribution is -0.274. The van der Waals surface area contributed by atoms with Crippen LogP contribution in [0.4, 0.5) is 27.6 Å². The van der Waals surface area contributed by atoms with Crippen molar-refractivity contribution in [1.82, 2.24) is 0 Å². The van der Waals surface area contributed by atoms with Crippen molar-refractivity contribution in [2.24, 2.45) is 0 Å². The zero-order valence-corrected chi connectivity index (χ0v) is 9.84. The fraction of sp³-hybridized carbons (Fsp3) is 0.0769. The monoisotopic (exact) mass is 289 g/mol. The fourth-order valence-corrected chi connectivity index (χ4v) is 1.69. The second-order valence-corrected chi connectivity index (χ2v) is 3.93. The summed E-state index contributed by atoms with van der Waals surface area (Å²) in [6, 6.07) is 6.05. The minimum Gasteiger partial charge on any atom is -0.406 e. The van der Waals surface area contributed by atoms with E-state index in [1.165, 1.54) is 0 Å². The van der Waals surface area contributed by atoms with Gasteiger partial charge >= 0.3 is 6.36 Å². The molecule has 2 N–H and O–H groups in total. The van der Waals surface area contributed by atoms with E-state index in [4.69, 9.17) is 5.73 Å². The van der Waals surface area contributed by atoms with E-state index in [9.17, 15) is 22.0 Å². The zero-order chi connectivity index (χ0) is 14.9. The van der Waals surface area contributed by atoms with E-state index in [0.29, 0.717) is 0 Å². The lowest BCUT2D eigenvalue weighted by Gasteiger charge is -2.10. The van der Waals surface area contributed by atoms with Crippen molar-refractivity contribution < 1.29 is 26.7 Å². The van der Waals surface area contributed by atoms with Crippen LogP contribution in [0.5, 0.6) is 5.75 Å². The summed E-state index contributed by atoms with van der Waals surface area (Å²) in [5.74, 6) is -2.27. The maximum absolute atomic E-state index is 13.6. The van der Waals surface area contributed by atoms with Crippen LogP contribution >= 0.6 is 0 Å². The third kappa shape index (κ3) is 3.17. The topological polar surface area (TPSA) is 35.2 Å². The Morgan fingerprint density at radius 2 is 1.40 bits per heavy atom. The number of halogens is 5. The summed E-state index contributed by atoms with van der Waals surface area (Å²) >= 11 is 0. The Labute approximate surface area is 110 Å². The number of nitrogens with two attached hydrogens (primary N) is 1. The van der Waals surface area contributed by atoms with Gasteiger partial charge in [-0.25, -0.2) is 8.78 Å². The van der Waals surface area contributed by atoms with Gasteiger partial charge in [0, 0.05) is 5.69 Å². The molecule has 0 aliphatic rings. The standard InChI is InChI=1S/C13H8F5NO/c14-10-5-8(19)6-11(15)12(10)7-1-3-9(4-2-7)20-13(16,17)18/h1-6H,19H2. The maximum Gasteiger partial charge on any atom is 0.573 e. The van der Waals surface area contributed by atoms with Gasteiger partial charge in [0.1, 0.15) is 17.4 Å². The molecule has 0 radical (unpaired) electrons. The molecular weight excluding hydrogens is 281 g/mol. The number of rotatable bonds is 2. The summed E-state index contributed by atoms with van der Waals surface area (Å²) in [4.78, 5) is 0. The molecule has 0 atom stereocenters. The molecule has 2 nitrogen and oxygen atoms in total. The van der Waals surface area contributed by atoms with Crippen LogP contribution in [0.1, 0.15) is 0 Å². The molecule has 20 heavy (non-hydrogen) atoms. The largest absolute Gasteiger partial charge is 0.573 e. The first-order valence-corrected chi connectivity index (χ1v) is 5.37. The molecule has 0 aromatic heterocycles. The molecule has 2 aromatic rings. The van der Waals surface area contributed by atoms with Crippen LogP contribution < -0.4 is 10.5 Å². The number of anilines is 1. The molecule has 0 aliphatic heterocycles. The summed E-state index contributed by atoms with van der Waals surface area (Å²) < 4.78 is 66.9. The predicted octanol–water partition coefficient (Wildman–Crippen LogP) is 4.11. The van der Waals surface area contributed by atoms with Crippen LogP contribution in [0.2, 0.25) is 0 Å². The summed E-state index contributed by atoms with van der Waals surface area (Å²) in [6.45, 7) is 0. The van der Waals surface area contributed by atoms with Gasteiger partial charge < -0.3 is 10.5 Å². The average Bonchev–Trinajstić information content (AvgIpc) is 2.28. The summed E-state index contributed by atoms with van der Waals surface area (Å²) in [7, 11) is 0. The highest BCUT2D eigenvalue weighted by atomic mass is 19.4. The van der Waals surface area contributed by atoms with Crippen molar-refractivity contribution in [1.29, 1.82) is 0 Å². The molecule has 0 fully saturated rings. The second-order valence-electron chi connectivity index (χ2n) is 3.93. The van der Waals surface area contributed by atoms with Crippen LogP contribution in [-0.2, 0) is 0 Å². The highest BCUT2D eigenvalue weighted by Gasteiger charge is 2.31. The molecule has 7 heteroatoms. The Morgan fingerprint density at radius 1 is 0.900 bits per heavy atom. The molecule has 0 heterocycles. The maximum atomic E-state index is 13.6. The van der Waals surface area contributed by atoms with Crippen molar-refractivity contribution in [3.05, 3.63) is 48.0 Å². The van der Waals surface area contributed by atoms with Crippen molar-refractivity contribution in [3.63, 3.8) is 0 Å². The van der Waals surface area contributed by atoms with Gasteiger partial charge in [-0.2, -0.15) is 0 Å². The van der Waals surface area contributed by atoms with Crippen LogP contribution in [0.15, 0.2) is 36.4 Å². The molecule has 0 amide bonds. The number of nitrogen functional groups attached to an aromatic ring is 1. The number of benzene rings is 2. The van der Waals surface area contributed by atoms with Crippen LogP contribution in [-0.4, -0.2) is 6.36 Å². The lowest BCUT2D eigenvalue weighted by atomic mass is 10.0. The van der Waals surface area contributed by atoms with Crippen molar-refractivity contribution in [2.75, 3.05) is 5.73 Å². The smallest absolute Gasteiger partial charge is 0.406 e. The fourth-order valence-electron chi connectivity index (χ4n) is 1.69. The van der Waals surface area contributed by atoms with Crippen LogP contribution in [0.3, 0.4) is 0 Å². The van der Waals surface area contributed by atoms with Gasteiger partial charge in [0.25, 0.3) is 0 Å². The minimum absolute atomic E-state index is 0.0783. The van der Waals surface area contributed by atoms with E-state index in [-0.39, 0.29) is 16.8 Å². The minimum atomic E-state index is -4.82. The first-order valence-electron chi connectivity index (χ1n) is 5.37. The first kappa shape index (κ1) is 14.1. The van der Waals surface area contributed by atoms with Gasteiger partial charge in [0.2, 0.25) is 0 Å². The normalized spacial score (nSPS) is 11.4. The highest BCUT2D eigenvalue weighted by molar-refractivity contribution is 5.67. The van der Waals surface area contributed by atoms with E-state index in [0.717, 1.165) is 36.4 Å². The van der Waals surface area contributed by atoms with Gasteiger partial charge in [-0.05, 0) is 29.8 Å². The molecule has 0 spiro atoms.